The number of halogens is 2. The molecule has 0 saturated heterocycles. The van der Waals surface area contributed by atoms with Gasteiger partial charge >= 0.3 is 0 Å². The van der Waals surface area contributed by atoms with Crippen LogP contribution in [0.3, 0.4) is 0 Å². The van der Waals surface area contributed by atoms with Gasteiger partial charge in [0.05, 0.1) is 13.2 Å². The third-order valence-corrected chi connectivity index (χ3v) is 3.56. The number of nitrogens with zero attached hydrogens (tertiary/aromatic N) is 2. The fourth-order valence-corrected chi connectivity index (χ4v) is 2.60. The highest BCUT2D eigenvalue weighted by molar-refractivity contribution is 6.32. The third-order valence-electron chi connectivity index (χ3n) is 2.99. The van der Waals surface area contributed by atoms with Gasteiger partial charge in [-0.3, -0.25) is 0 Å². The van der Waals surface area contributed by atoms with Crippen LogP contribution in [0.15, 0.2) is 0 Å². The molecule has 1 aliphatic carbocycles. The van der Waals surface area contributed by atoms with Crippen LogP contribution in [0.5, 0.6) is 0 Å². The Bertz CT molecular complexity index is 404. The lowest BCUT2D eigenvalue weighted by atomic mass is 9.93. The summed E-state index contributed by atoms with van der Waals surface area (Å²) in [5.41, 5.74) is 2.10. The van der Waals surface area contributed by atoms with Crippen molar-refractivity contribution < 1.29 is 4.74 Å². The largest absolute Gasteiger partial charge is 0.376 e. The van der Waals surface area contributed by atoms with Gasteiger partial charge in [-0.05, 0) is 12.8 Å². The molecule has 0 aromatic carbocycles. The van der Waals surface area contributed by atoms with Crippen LogP contribution in [0.4, 0.5) is 0 Å². The molecule has 1 saturated carbocycles. The van der Waals surface area contributed by atoms with Crippen LogP contribution in [0.2, 0.25) is 10.3 Å². The highest BCUT2D eigenvalue weighted by atomic mass is 35.5. The van der Waals surface area contributed by atoms with Crippen molar-refractivity contribution in [3.8, 4) is 0 Å². The van der Waals surface area contributed by atoms with Gasteiger partial charge in [0.2, 0.25) is 0 Å². The zero-order valence-electron chi connectivity index (χ0n) is 7.39. The van der Waals surface area contributed by atoms with Crippen LogP contribution >= 0.6 is 23.2 Å². The first-order chi connectivity index (χ1) is 6.73. The topological polar surface area (TPSA) is 35.0 Å². The van der Waals surface area contributed by atoms with Crippen molar-refractivity contribution in [2.24, 2.45) is 0 Å². The summed E-state index contributed by atoms with van der Waals surface area (Å²) >= 11 is 12.0. The van der Waals surface area contributed by atoms with Crippen LogP contribution in [-0.2, 0) is 16.8 Å². The summed E-state index contributed by atoms with van der Waals surface area (Å²) in [7, 11) is 0. The lowest BCUT2D eigenvalue weighted by Gasteiger charge is -2.25. The van der Waals surface area contributed by atoms with Gasteiger partial charge < -0.3 is 4.74 Å². The fraction of sp³-hybridized carbons (Fsp3) is 0.556. The molecule has 74 valence electrons. The molecular weight excluding hydrogens is 223 g/mol. The Kier molecular flexibility index (Phi) is 1.79. The average Bonchev–Trinajstić information content (AvgIpc) is 2.92. The van der Waals surface area contributed by atoms with Gasteiger partial charge in [0.25, 0.3) is 0 Å². The first kappa shape index (κ1) is 8.89. The van der Waals surface area contributed by atoms with Crippen molar-refractivity contribution in [1.29, 1.82) is 0 Å². The molecule has 5 heteroatoms. The first-order valence-electron chi connectivity index (χ1n) is 4.52. The molecule has 0 atom stereocenters. The van der Waals surface area contributed by atoms with E-state index >= 15 is 0 Å². The van der Waals surface area contributed by atoms with Gasteiger partial charge in [0, 0.05) is 16.5 Å². The maximum Gasteiger partial charge on any atom is 0.157 e. The van der Waals surface area contributed by atoms with Crippen LogP contribution < -0.4 is 0 Å². The molecule has 1 aromatic rings. The second-order valence-electron chi connectivity index (χ2n) is 3.91. The summed E-state index contributed by atoms with van der Waals surface area (Å²) in [4.78, 5) is 0. The van der Waals surface area contributed by atoms with Gasteiger partial charge in [-0.25, -0.2) is 0 Å². The predicted octanol–water partition coefficient (Wildman–Crippen LogP) is 2.35. The number of hydrogen-bond acceptors (Lipinski definition) is 3. The van der Waals surface area contributed by atoms with E-state index in [0.29, 0.717) is 16.9 Å². The molecule has 1 fully saturated rings. The number of aromatic nitrogens is 2. The molecule has 0 N–H and O–H groups in total. The Labute approximate surface area is 91.4 Å². The quantitative estimate of drug-likeness (QED) is 0.687. The number of rotatable bonds is 0. The summed E-state index contributed by atoms with van der Waals surface area (Å²) in [5, 5.41) is 8.56. The van der Waals surface area contributed by atoms with E-state index in [-0.39, 0.29) is 5.41 Å². The lowest BCUT2D eigenvalue weighted by molar-refractivity contribution is 0.0833. The summed E-state index contributed by atoms with van der Waals surface area (Å²) in [6, 6.07) is 0. The monoisotopic (exact) mass is 230 g/mol. The van der Waals surface area contributed by atoms with Gasteiger partial charge in [0.1, 0.15) is 0 Å². The van der Waals surface area contributed by atoms with E-state index in [1.807, 2.05) is 0 Å². The summed E-state index contributed by atoms with van der Waals surface area (Å²) in [6.07, 6.45) is 2.23. The normalized spacial score (nSPS) is 22.1. The van der Waals surface area contributed by atoms with Crippen LogP contribution in [0.1, 0.15) is 24.0 Å². The van der Waals surface area contributed by atoms with Crippen molar-refractivity contribution in [2.45, 2.75) is 24.9 Å². The molecule has 2 aliphatic rings. The molecule has 3 nitrogen and oxygen atoms in total. The van der Waals surface area contributed by atoms with Gasteiger partial charge in [-0.2, -0.15) is 0 Å². The van der Waals surface area contributed by atoms with Crippen LogP contribution in [0.25, 0.3) is 0 Å². The minimum atomic E-state index is 0.101. The lowest BCUT2D eigenvalue weighted by Crippen LogP contribution is -2.24. The van der Waals surface area contributed by atoms with E-state index in [4.69, 9.17) is 27.9 Å². The van der Waals surface area contributed by atoms with E-state index in [1.54, 1.807) is 0 Å². The van der Waals surface area contributed by atoms with Crippen LogP contribution in [0, 0.1) is 0 Å². The van der Waals surface area contributed by atoms with Crippen molar-refractivity contribution in [3.63, 3.8) is 0 Å². The molecule has 2 heterocycles. The maximum atomic E-state index is 6.05. The van der Waals surface area contributed by atoms with E-state index in [0.717, 1.165) is 30.6 Å². The standard InChI is InChI=1S/C9H8Cl2N2O/c10-7-5-3-14-4-9(1-2-9)6(5)8(11)13-12-7/h1-4H2. The average molecular weight is 231 g/mol. The van der Waals surface area contributed by atoms with Crippen molar-refractivity contribution in [1.82, 2.24) is 10.2 Å². The number of fused-ring (bicyclic) bond motifs is 2. The molecule has 0 unspecified atom stereocenters. The zero-order chi connectivity index (χ0) is 9.76. The molecular formula is C9H8Cl2N2O. The molecule has 0 radical (unpaired) electrons. The second-order valence-corrected chi connectivity index (χ2v) is 4.62. The Morgan fingerprint density at radius 1 is 1.14 bits per heavy atom. The molecule has 3 rings (SSSR count). The summed E-state index contributed by atoms with van der Waals surface area (Å²) in [6.45, 7) is 1.24. The highest BCUT2D eigenvalue weighted by Gasteiger charge is 2.50. The van der Waals surface area contributed by atoms with E-state index in [9.17, 15) is 0 Å². The van der Waals surface area contributed by atoms with Crippen molar-refractivity contribution >= 4 is 23.2 Å². The Hall–Kier alpha value is -0.380. The maximum absolute atomic E-state index is 6.05. The second kappa shape index (κ2) is 2.81. The molecule has 1 aliphatic heterocycles. The van der Waals surface area contributed by atoms with Crippen molar-refractivity contribution in [3.05, 3.63) is 21.4 Å². The molecule has 1 spiro atoms. The predicted molar refractivity (Wildman–Crippen MR) is 52.6 cm³/mol. The van der Waals surface area contributed by atoms with E-state index < -0.39 is 0 Å². The first-order valence-corrected chi connectivity index (χ1v) is 5.27. The fourth-order valence-electron chi connectivity index (χ4n) is 2.06. The number of ether oxygens (including phenoxy) is 1. The summed E-state index contributed by atoms with van der Waals surface area (Å²) in [5.74, 6) is 0. The Morgan fingerprint density at radius 3 is 2.57 bits per heavy atom. The highest BCUT2D eigenvalue weighted by Crippen LogP contribution is 2.54. The molecule has 0 bridgehead atoms. The van der Waals surface area contributed by atoms with E-state index in [1.165, 1.54) is 0 Å². The summed E-state index contributed by atoms with van der Waals surface area (Å²) < 4.78 is 5.50. The molecule has 0 amide bonds. The van der Waals surface area contributed by atoms with Gasteiger partial charge in [0.15, 0.2) is 10.3 Å². The van der Waals surface area contributed by atoms with E-state index in [2.05, 4.69) is 10.2 Å². The van der Waals surface area contributed by atoms with Crippen LogP contribution in [-0.4, -0.2) is 16.8 Å². The van der Waals surface area contributed by atoms with Crippen molar-refractivity contribution in [2.75, 3.05) is 6.61 Å². The van der Waals surface area contributed by atoms with Gasteiger partial charge in [-0.15, -0.1) is 10.2 Å². The smallest absolute Gasteiger partial charge is 0.157 e. The molecule has 14 heavy (non-hydrogen) atoms. The minimum absolute atomic E-state index is 0.101. The SMILES string of the molecule is Clc1nnc(Cl)c2c1COCC21CC1. The number of hydrogen-bond donors (Lipinski definition) is 0. The zero-order valence-corrected chi connectivity index (χ0v) is 8.90. The minimum Gasteiger partial charge on any atom is -0.376 e. The Morgan fingerprint density at radius 2 is 1.86 bits per heavy atom. The molecule has 1 aromatic heterocycles. The third kappa shape index (κ3) is 1.09. The van der Waals surface area contributed by atoms with Gasteiger partial charge in [-0.1, -0.05) is 23.2 Å². The Balaban J connectivity index is 2.25.